The summed E-state index contributed by atoms with van der Waals surface area (Å²) in [5.41, 5.74) is 9.54. The molecule has 0 aliphatic rings. The monoisotopic (exact) mass is 396 g/mol. The predicted octanol–water partition coefficient (Wildman–Crippen LogP) is 5.59. The van der Waals surface area contributed by atoms with Crippen LogP contribution in [0, 0.1) is 0 Å². The summed E-state index contributed by atoms with van der Waals surface area (Å²) in [5, 5.41) is 4.21. The van der Waals surface area contributed by atoms with E-state index in [2.05, 4.69) is 5.32 Å². The maximum atomic E-state index is 12.6. The first-order valence-corrected chi connectivity index (χ1v) is 9.13. The summed E-state index contributed by atoms with van der Waals surface area (Å²) in [6.45, 7) is 0.536. The lowest BCUT2D eigenvalue weighted by Gasteiger charge is -2.13. The minimum absolute atomic E-state index is 0.0959. The normalized spacial score (nSPS) is 11.3. The molecule has 3 aromatic carbocycles. The van der Waals surface area contributed by atoms with Gasteiger partial charge in [-0.15, -0.1) is 0 Å². The lowest BCUT2D eigenvalue weighted by atomic mass is 10.1. The van der Waals surface area contributed by atoms with E-state index in [9.17, 15) is 4.79 Å². The first kappa shape index (κ1) is 19.0. The van der Waals surface area contributed by atoms with Gasteiger partial charge in [-0.2, -0.15) is 0 Å². The van der Waals surface area contributed by atoms with Crippen molar-refractivity contribution in [3.8, 4) is 0 Å². The zero-order valence-corrected chi connectivity index (χ0v) is 16.0. The first-order valence-electron chi connectivity index (χ1n) is 8.38. The van der Waals surface area contributed by atoms with Crippen molar-refractivity contribution in [1.29, 1.82) is 0 Å². The zero-order chi connectivity index (χ0) is 19.2. The average molecular weight is 397 g/mol. The van der Waals surface area contributed by atoms with Gasteiger partial charge in [0.05, 0.1) is 10.0 Å². The quantitative estimate of drug-likeness (QED) is 0.324. The maximum Gasteiger partial charge on any atom is 0.187 e. The van der Waals surface area contributed by atoms with Gasteiger partial charge in [-0.05, 0) is 35.4 Å². The minimum atomic E-state index is -0.0959. The summed E-state index contributed by atoms with van der Waals surface area (Å²) >= 11 is 12.2. The topological polar surface area (TPSA) is 55.1 Å². The van der Waals surface area contributed by atoms with Gasteiger partial charge in [-0.1, -0.05) is 71.7 Å². The van der Waals surface area contributed by atoms with Crippen LogP contribution in [0.15, 0.2) is 78.9 Å². The summed E-state index contributed by atoms with van der Waals surface area (Å²) in [7, 11) is 0. The second-order valence-electron chi connectivity index (χ2n) is 6.01. The molecule has 0 spiro atoms. The van der Waals surface area contributed by atoms with E-state index < -0.39 is 0 Å². The second kappa shape index (κ2) is 8.76. The minimum Gasteiger partial charge on any atom is -0.399 e. The van der Waals surface area contributed by atoms with Crippen LogP contribution in [0.4, 0.5) is 5.69 Å². The summed E-state index contributed by atoms with van der Waals surface area (Å²) < 4.78 is 0. The molecule has 5 heteroatoms. The van der Waals surface area contributed by atoms with Gasteiger partial charge in [0, 0.05) is 29.6 Å². The zero-order valence-electron chi connectivity index (χ0n) is 14.5. The van der Waals surface area contributed by atoms with Gasteiger partial charge >= 0.3 is 0 Å². The molecule has 0 saturated heterocycles. The molecule has 0 fully saturated rings. The number of benzene rings is 3. The Kier molecular flexibility index (Phi) is 6.17. The van der Waals surface area contributed by atoms with E-state index in [0.717, 1.165) is 11.1 Å². The van der Waals surface area contributed by atoms with Crippen molar-refractivity contribution in [3.05, 3.63) is 106 Å². The molecule has 3 nitrogen and oxygen atoms in total. The van der Waals surface area contributed by atoms with E-state index in [1.54, 1.807) is 30.3 Å². The molecule has 0 saturated carbocycles. The molecule has 136 valence electrons. The number of carbonyl (C=O) groups is 1. The second-order valence-corrected chi connectivity index (χ2v) is 6.83. The molecule has 0 aliphatic heterocycles. The third kappa shape index (κ3) is 5.13. The number of nitrogens with two attached hydrogens (primary N) is 1. The molecular formula is C22H18Cl2N2O. The Morgan fingerprint density at radius 1 is 0.889 bits per heavy atom. The van der Waals surface area contributed by atoms with Crippen LogP contribution in [0.1, 0.15) is 21.5 Å². The number of allylic oxidation sites excluding steroid dienone is 1. The average Bonchev–Trinajstić information content (AvgIpc) is 2.69. The summed E-state index contributed by atoms with van der Waals surface area (Å²) in [6.07, 6.45) is 1.58. The van der Waals surface area contributed by atoms with E-state index in [4.69, 9.17) is 28.9 Å². The number of nitrogen functional groups attached to an aromatic ring is 1. The molecule has 0 aliphatic carbocycles. The Balaban J connectivity index is 1.90. The largest absolute Gasteiger partial charge is 0.399 e. The molecule has 3 N–H and O–H groups in total. The number of hydrogen-bond acceptors (Lipinski definition) is 3. The van der Waals surface area contributed by atoms with E-state index >= 15 is 0 Å². The molecule has 0 amide bonds. The Morgan fingerprint density at radius 2 is 1.59 bits per heavy atom. The van der Waals surface area contributed by atoms with Crippen molar-refractivity contribution in [2.75, 3.05) is 5.73 Å². The van der Waals surface area contributed by atoms with E-state index in [1.165, 1.54) is 0 Å². The Bertz CT molecular complexity index is 967. The van der Waals surface area contributed by atoms with Gasteiger partial charge in [0.25, 0.3) is 0 Å². The fraction of sp³-hybridized carbons (Fsp3) is 0.0455. The number of halogens is 2. The third-order valence-corrected chi connectivity index (χ3v) is 4.77. The highest BCUT2D eigenvalue weighted by Gasteiger charge is 2.09. The first-order chi connectivity index (χ1) is 13.0. The van der Waals surface area contributed by atoms with Gasteiger partial charge < -0.3 is 11.1 Å². The maximum absolute atomic E-state index is 12.6. The Labute approximate surface area is 168 Å². The van der Waals surface area contributed by atoms with Gasteiger partial charge in [0.2, 0.25) is 0 Å². The molecule has 0 atom stereocenters. The van der Waals surface area contributed by atoms with Crippen LogP contribution in [0.3, 0.4) is 0 Å². The molecule has 27 heavy (non-hydrogen) atoms. The summed E-state index contributed by atoms with van der Waals surface area (Å²) in [5.74, 6) is -0.0959. The van der Waals surface area contributed by atoms with Crippen LogP contribution < -0.4 is 11.1 Å². The Morgan fingerprint density at radius 3 is 2.26 bits per heavy atom. The molecule has 3 aromatic rings. The van der Waals surface area contributed by atoms with Crippen molar-refractivity contribution in [1.82, 2.24) is 5.32 Å². The van der Waals surface area contributed by atoms with Crippen molar-refractivity contribution < 1.29 is 4.79 Å². The lowest BCUT2D eigenvalue weighted by Crippen LogP contribution is -2.13. The predicted molar refractivity (Wildman–Crippen MR) is 113 cm³/mol. The van der Waals surface area contributed by atoms with Gasteiger partial charge in [-0.3, -0.25) is 4.79 Å². The number of hydrogen-bond donors (Lipinski definition) is 2. The molecule has 0 heterocycles. The molecule has 0 bridgehead atoms. The van der Waals surface area contributed by atoms with E-state index in [0.29, 0.717) is 33.5 Å². The highest BCUT2D eigenvalue weighted by molar-refractivity contribution is 6.42. The van der Waals surface area contributed by atoms with Crippen LogP contribution in [0.25, 0.3) is 5.70 Å². The smallest absolute Gasteiger partial charge is 0.187 e. The van der Waals surface area contributed by atoms with Crippen LogP contribution in [0.5, 0.6) is 0 Å². The van der Waals surface area contributed by atoms with Crippen LogP contribution in [-0.2, 0) is 6.54 Å². The van der Waals surface area contributed by atoms with Crippen molar-refractivity contribution >= 4 is 40.4 Å². The SMILES string of the molecule is Nc1ccc(CN/C(=C\C(=O)c2ccccc2)c2ccc(Cl)c(Cl)c2)cc1. The standard InChI is InChI=1S/C22H18Cl2N2O/c23-19-11-8-17(12-20(19)24)21(13-22(27)16-4-2-1-3-5-16)26-14-15-6-9-18(25)10-7-15/h1-13,26H,14,25H2/b21-13-. The molecular weight excluding hydrogens is 379 g/mol. The van der Waals surface area contributed by atoms with Crippen LogP contribution in [0.2, 0.25) is 10.0 Å². The Hall–Kier alpha value is -2.75. The summed E-state index contributed by atoms with van der Waals surface area (Å²) in [4.78, 5) is 12.6. The summed E-state index contributed by atoms with van der Waals surface area (Å²) in [6, 6.07) is 22.0. The number of carbonyl (C=O) groups excluding carboxylic acids is 1. The number of ketones is 1. The van der Waals surface area contributed by atoms with Crippen molar-refractivity contribution in [2.24, 2.45) is 0 Å². The van der Waals surface area contributed by atoms with Gasteiger partial charge in [0.1, 0.15) is 0 Å². The lowest BCUT2D eigenvalue weighted by molar-refractivity contribution is 0.104. The molecule has 0 aromatic heterocycles. The number of anilines is 1. The fourth-order valence-electron chi connectivity index (χ4n) is 2.55. The van der Waals surface area contributed by atoms with E-state index in [-0.39, 0.29) is 5.78 Å². The van der Waals surface area contributed by atoms with Gasteiger partial charge in [-0.25, -0.2) is 0 Å². The third-order valence-electron chi connectivity index (χ3n) is 4.03. The molecule has 0 radical (unpaired) electrons. The highest BCUT2D eigenvalue weighted by atomic mass is 35.5. The number of rotatable bonds is 6. The van der Waals surface area contributed by atoms with Gasteiger partial charge in [0.15, 0.2) is 5.78 Å². The highest BCUT2D eigenvalue weighted by Crippen LogP contribution is 2.26. The molecule has 0 unspecified atom stereocenters. The molecule has 3 rings (SSSR count). The van der Waals surface area contributed by atoms with Crippen LogP contribution >= 0.6 is 23.2 Å². The van der Waals surface area contributed by atoms with Crippen molar-refractivity contribution in [3.63, 3.8) is 0 Å². The van der Waals surface area contributed by atoms with Crippen molar-refractivity contribution in [2.45, 2.75) is 6.54 Å². The van der Waals surface area contributed by atoms with E-state index in [1.807, 2.05) is 48.5 Å². The fourth-order valence-corrected chi connectivity index (χ4v) is 2.85. The number of nitrogens with one attached hydrogen (secondary N) is 1. The van der Waals surface area contributed by atoms with Crippen LogP contribution in [-0.4, -0.2) is 5.78 Å².